The molecule has 2 aliphatic carbocycles. The fraction of sp³-hybridized carbons (Fsp3) is 0.333. The minimum Gasteiger partial charge on any atom is -0.284 e. The predicted molar refractivity (Wildman–Crippen MR) is 56.5 cm³/mol. The fourth-order valence-corrected chi connectivity index (χ4v) is 1.90. The number of hydrogen-bond acceptors (Lipinski definition) is 1. The average molecular weight is 173 g/mol. The van der Waals surface area contributed by atoms with Crippen LogP contribution in [0.5, 0.6) is 0 Å². The van der Waals surface area contributed by atoms with E-state index in [0.29, 0.717) is 12.1 Å². The highest BCUT2D eigenvalue weighted by Crippen LogP contribution is 2.17. The third-order valence-corrected chi connectivity index (χ3v) is 2.59. The maximum atomic E-state index is 2.46. The van der Waals surface area contributed by atoms with Gasteiger partial charge in [0.2, 0.25) is 0 Å². The van der Waals surface area contributed by atoms with Crippen LogP contribution in [0.15, 0.2) is 48.6 Å². The predicted octanol–water partition coefficient (Wildman–Crippen LogP) is 2.30. The van der Waals surface area contributed by atoms with Gasteiger partial charge in [-0.05, 0) is 6.54 Å². The molecule has 0 unspecified atom stereocenters. The molecule has 0 bridgehead atoms. The van der Waals surface area contributed by atoms with E-state index in [2.05, 4.69) is 60.4 Å². The molecule has 0 aliphatic heterocycles. The van der Waals surface area contributed by atoms with Gasteiger partial charge >= 0.3 is 0 Å². The van der Waals surface area contributed by atoms with E-state index in [0.717, 1.165) is 6.54 Å². The molecule has 0 heterocycles. The Morgan fingerprint density at radius 1 is 0.846 bits per heavy atom. The lowest BCUT2D eigenvalue weighted by atomic mass is 10.2. The van der Waals surface area contributed by atoms with Crippen LogP contribution >= 0.6 is 0 Å². The largest absolute Gasteiger partial charge is 0.284 e. The van der Waals surface area contributed by atoms with Crippen molar-refractivity contribution >= 4 is 0 Å². The second kappa shape index (κ2) is 3.75. The van der Waals surface area contributed by atoms with Crippen LogP contribution < -0.4 is 0 Å². The van der Waals surface area contributed by atoms with Gasteiger partial charge in [0, 0.05) is 12.1 Å². The summed E-state index contributed by atoms with van der Waals surface area (Å²) in [5.41, 5.74) is 0. The van der Waals surface area contributed by atoms with Crippen LogP contribution in [0.4, 0.5) is 0 Å². The molecule has 0 fully saturated rings. The minimum absolute atomic E-state index is 0.488. The molecule has 2 aliphatic rings. The Bertz CT molecular complexity index is 231. The monoisotopic (exact) mass is 173 g/mol. The van der Waals surface area contributed by atoms with Gasteiger partial charge in [-0.3, -0.25) is 4.90 Å². The Hall–Kier alpha value is -1.08. The summed E-state index contributed by atoms with van der Waals surface area (Å²) in [6.07, 6.45) is 17.4. The van der Waals surface area contributed by atoms with Crippen LogP contribution in [0, 0.1) is 0 Å². The summed E-state index contributed by atoms with van der Waals surface area (Å²) in [5, 5.41) is 0. The van der Waals surface area contributed by atoms with Gasteiger partial charge in [-0.1, -0.05) is 55.5 Å². The van der Waals surface area contributed by atoms with Gasteiger partial charge in [-0.2, -0.15) is 0 Å². The van der Waals surface area contributed by atoms with E-state index in [1.807, 2.05) is 0 Å². The summed E-state index contributed by atoms with van der Waals surface area (Å²) in [4.78, 5) is 2.46. The van der Waals surface area contributed by atoms with Crippen molar-refractivity contribution in [2.75, 3.05) is 6.54 Å². The Labute approximate surface area is 79.7 Å². The zero-order chi connectivity index (χ0) is 9.10. The Morgan fingerprint density at radius 3 is 1.54 bits per heavy atom. The van der Waals surface area contributed by atoms with Crippen LogP contribution in [-0.4, -0.2) is 23.5 Å². The molecule has 2 rings (SSSR count). The molecule has 68 valence electrons. The van der Waals surface area contributed by atoms with E-state index in [1.165, 1.54) is 0 Å². The Balaban J connectivity index is 2.08. The summed E-state index contributed by atoms with van der Waals surface area (Å²) in [6, 6.07) is 0.977. The highest BCUT2D eigenvalue weighted by Gasteiger charge is 2.19. The molecule has 1 heteroatoms. The highest BCUT2D eigenvalue weighted by atomic mass is 15.2. The van der Waals surface area contributed by atoms with Crippen molar-refractivity contribution in [3.8, 4) is 0 Å². The summed E-state index contributed by atoms with van der Waals surface area (Å²) < 4.78 is 0. The smallest absolute Gasteiger partial charge is 0.0476 e. The first-order valence-electron chi connectivity index (χ1n) is 4.87. The first-order chi connectivity index (χ1) is 6.42. The number of rotatable bonds is 3. The van der Waals surface area contributed by atoms with Crippen LogP contribution in [0.2, 0.25) is 0 Å². The van der Waals surface area contributed by atoms with Gasteiger partial charge in [-0.15, -0.1) is 0 Å². The van der Waals surface area contributed by atoms with Gasteiger partial charge in [0.1, 0.15) is 0 Å². The quantitative estimate of drug-likeness (QED) is 0.633. The lowest BCUT2D eigenvalue weighted by molar-refractivity contribution is 0.261. The molecule has 0 N–H and O–H groups in total. The van der Waals surface area contributed by atoms with E-state index < -0.39 is 0 Å². The van der Waals surface area contributed by atoms with Crippen LogP contribution in [0.25, 0.3) is 0 Å². The molecule has 0 spiro atoms. The molecule has 0 saturated heterocycles. The maximum absolute atomic E-state index is 2.46. The van der Waals surface area contributed by atoms with Crippen molar-refractivity contribution in [1.29, 1.82) is 0 Å². The third kappa shape index (κ3) is 1.65. The molecular formula is C12H15N. The second-order valence-corrected chi connectivity index (χ2v) is 3.35. The Kier molecular flexibility index (Phi) is 2.46. The van der Waals surface area contributed by atoms with Crippen molar-refractivity contribution < 1.29 is 0 Å². The fourth-order valence-electron chi connectivity index (χ4n) is 1.90. The lowest BCUT2D eigenvalue weighted by Gasteiger charge is -2.29. The third-order valence-electron chi connectivity index (χ3n) is 2.59. The van der Waals surface area contributed by atoms with Crippen LogP contribution in [-0.2, 0) is 0 Å². The molecule has 0 aromatic rings. The van der Waals surface area contributed by atoms with Gasteiger partial charge in [0.05, 0.1) is 0 Å². The molecule has 1 nitrogen and oxygen atoms in total. The van der Waals surface area contributed by atoms with Crippen molar-refractivity contribution in [3.63, 3.8) is 0 Å². The van der Waals surface area contributed by atoms with Gasteiger partial charge < -0.3 is 0 Å². The van der Waals surface area contributed by atoms with Crippen molar-refractivity contribution in [2.45, 2.75) is 19.0 Å². The first-order valence-corrected chi connectivity index (χ1v) is 4.87. The number of hydrogen-bond donors (Lipinski definition) is 0. The standard InChI is InChI=1S/C12H15N/c1-2-13(11-7-3-4-8-11)12-9-5-6-10-12/h3-12H,2H2,1H3. The van der Waals surface area contributed by atoms with Crippen LogP contribution in [0.1, 0.15) is 6.92 Å². The minimum atomic E-state index is 0.488. The molecule has 0 radical (unpaired) electrons. The molecule has 13 heavy (non-hydrogen) atoms. The molecule has 0 aromatic heterocycles. The summed E-state index contributed by atoms with van der Waals surface area (Å²) in [5.74, 6) is 0. The normalized spacial score (nSPS) is 21.4. The zero-order valence-electron chi connectivity index (χ0n) is 7.93. The summed E-state index contributed by atoms with van der Waals surface area (Å²) in [7, 11) is 0. The van der Waals surface area contributed by atoms with Gasteiger partial charge in [0.15, 0.2) is 0 Å². The van der Waals surface area contributed by atoms with Gasteiger partial charge in [-0.25, -0.2) is 0 Å². The SMILES string of the molecule is CCN(C1C=CC=C1)C1C=CC=C1. The molecule has 0 amide bonds. The van der Waals surface area contributed by atoms with E-state index in [9.17, 15) is 0 Å². The van der Waals surface area contributed by atoms with E-state index in [1.54, 1.807) is 0 Å². The lowest BCUT2D eigenvalue weighted by Crippen LogP contribution is -2.38. The number of allylic oxidation sites excluding steroid dienone is 4. The number of nitrogens with zero attached hydrogens (tertiary/aromatic N) is 1. The molecule has 0 atom stereocenters. The van der Waals surface area contributed by atoms with Crippen LogP contribution in [0.3, 0.4) is 0 Å². The topological polar surface area (TPSA) is 3.24 Å². The molecule has 0 aromatic carbocycles. The molecular weight excluding hydrogens is 158 g/mol. The van der Waals surface area contributed by atoms with Crippen molar-refractivity contribution in [3.05, 3.63) is 48.6 Å². The number of likely N-dealkylation sites (N-methyl/N-ethyl adjacent to an activating group) is 1. The maximum Gasteiger partial charge on any atom is 0.0476 e. The average Bonchev–Trinajstić information content (AvgIpc) is 2.76. The van der Waals surface area contributed by atoms with E-state index >= 15 is 0 Å². The van der Waals surface area contributed by atoms with Gasteiger partial charge in [0.25, 0.3) is 0 Å². The van der Waals surface area contributed by atoms with Crippen molar-refractivity contribution in [1.82, 2.24) is 4.90 Å². The van der Waals surface area contributed by atoms with Crippen molar-refractivity contribution in [2.24, 2.45) is 0 Å². The second-order valence-electron chi connectivity index (χ2n) is 3.35. The Morgan fingerprint density at radius 2 is 1.23 bits per heavy atom. The van der Waals surface area contributed by atoms with E-state index in [-0.39, 0.29) is 0 Å². The summed E-state index contributed by atoms with van der Waals surface area (Å²) >= 11 is 0. The summed E-state index contributed by atoms with van der Waals surface area (Å²) in [6.45, 7) is 3.29. The molecule has 0 saturated carbocycles. The van der Waals surface area contributed by atoms with E-state index in [4.69, 9.17) is 0 Å². The highest BCUT2D eigenvalue weighted by molar-refractivity contribution is 5.27. The zero-order valence-corrected chi connectivity index (χ0v) is 7.93. The first kappa shape index (κ1) is 8.52.